The van der Waals surface area contributed by atoms with E-state index in [1.54, 1.807) is 50.4 Å². The number of hydrogen-bond donors (Lipinski definition) is 1. The number of ether oxygens (including phenoxy) is 1. The number of nitrogens with zero attached hydrogens (tertiary/aromatic N) is 3. The zero-order valence-electron chi connectivity index (χ0n) is 21.1. The number of rotatable bonds is 7. The largest absolute Gasteiger partial charge is 0.463 e. The van der Waals surface area contributed by atoms with Crippen LogP contribution in [0.4, 0.5) is 9.18 Å². The van der Waals surface area contributed by atoms with Crippen molar-refractivity contribution >= 4 is 22.0 Å². The predicted molar refractivity (Wildman–Crippen MR) is 135 cm³/mol. The molecule has 0 saturated carbocycles. The first kappa shape index (κ1) is 26.8. The Hall–Kier alpha value is -3.28. The highest BCUT2D eigenvalue weighted by molar-refractivity contribution is 7.89. The maximum Gasteiger partial charge on any atom is 0.338 e. The molecule has 2 amide bonds. The number of halogens is 1. The van der Waals surface area contributed by atoms with Gasteiger partial charge in [0.2, 0.25) is 10.0 Å². The van der Waals surface area contributed by atoms with E-state index in [1.807, 2.05) is 11.8 Å². The molecule has 0 aromatic heterocycles. The lowest BCUT2D eigenvalue weighted by atomic mass is 9.94. The zero-order chi connectivity index (χ0) is 26.7. The normalized spacial score (nSPS) is 21.6. The number of urea groups is 1. The number of carbonyl (C=O) groups is 2. The van der Waals surface area contributed by atoms with E-state index in [0.29, 0.717) is 24.4 Å². The van der Waals surface area contributed by atoms with E-state index in [2.05, 4.69) is 5.32 Å². The van der Waals surface area contributed by atoms with E-state index < -0.39 is 33.9 Å². The van der Waals surface area contributed by atoms with Crippen LogP contribution in [0.15, 0.2) is 70.8 Å². The molecule has 1 fully saturated rings. The Bertz CT molecular complexity index is 1300. The number of amides is 2. The molecule has 4 rings (SSSR count). The summed E-state index contributed by atoms with van der Waals surface area (Å²) in [5.41, 5.74) is 1.08. The van der Waals surface area contributed by atoms with Crippen molar-refractivity contribution in [2.24, 2.45) is 0 Å². The molecule has 2 aliphatic rings. The summed E-state index contributed by atoms with van der Waals surface area (Å²) >= 11 is 0. The van der Waals surface area contributed by atoms with Gasteiger partial charge in [0.1, 0.15) is 5.82 Å². The number of piperazine rings is 1. The second-order valence-corrected chi connectivity index (χ2v) is 11.0. The van der Waals surface area contributed by atoms with Gasteiger partial charge in [0, 0.05) is 45.0 Å². The molecule has 11 heteroatoms. The number of sulfonamides is 1. The Kier molecular flexibility index (Phi) is 7.96. The topological polar surface area (TPSA) is 99.3 Å². The highest BCUT2D eigenvalue weighted by Crippen LogP contribution is 2.32. The Balaban J connectivity index is 1.63. The van der Waals surface area contributed by atoms with E-state index in [9.17, 15) is 22.4 Å². The number of nitrogens with one attached hydrogen (secondary N) is 1. The van der Waals surface area contributed by atoms with Crippen LogP contribution in [-0.2, 0) is 19.6 Å². The van der Waals surface area contributed by atoms with Crippen LogP contribution >= 0.6 is 0 Å². The summed E-state index contributed by atoms with van der Waals surface area (Å²) in [7, 11) is -2.10. The Morgan fingerprint density at radius 2 is 1.86 bits per heavy atom. The number of hydrogen-bond acceptors (Lipinski definition) is 6. The second kappa shape index (κ2) is 11.0. The summed E-state index contributed by atoms with van der Waals surface area (Å²) in [4.78, 5) is 29.6. The van der Waals surface area contributed by atoms with Crippen LogP contribution in [0.3, 0.4) is 0 Å². The van der Waals surface area contributed by atoms with Gasteiger partial charge >= 0.3 is 12.0 Å². The fraction of sp³-hybridized carbons (Fsp3) is 0.385. The van der Waals surface area contributed by atoms with E-state index in [4.69, 9.17) is 4.74 Å². The van der Waals surface area contributed by atoms with Gasteiger partial charge in [0.25, 0.3) is 0 Å². The zero-order valence-corrected chi connectivity index (χ0v) is 21.9. The van der Waals surface area contributed by atoms with Gasteiger partial charge < -0.3 is 10.1 Å². The molecule has 0 radical (unpaired) electrons. The molecule has 0 unspecified atom stereocenters. The molecule has 9 nitrogen and oxygen atoms in total. The Labute approximate surface area is 216 Å². The quantitative estimate of drug-likeness (QED) is 0.553. The van der Waals surface area contributed by atoms with E-state index >= 15 is 0 Å². The smallest absolute Gasteiger partial charge is 0.338 e. The first-order chi connectivity index (χ1) is 17.6. The summed E-state index contributed by atoms with van der Waals surface area (Å²) in [5, 5.41) is 2.78. The van der Waals surface area contributed by atoms with Crippen LogP contribution in [0.2, 0.25) is 0 Å². The number of benzene rings is 2. The molecule has 0 spiro atoms. The summed E-state index contributed by atoms with van der Waals surface area (Å²) in [6, 6.07) is 12.4. The first-order valence-corrected chi connectivity index (χ1v) is 13.6. The molecular formula is C26H31FN4O5S. The molecule has 2 aromatic carbocycles. The molecule has 198 valence electrons. The SMILES string of the molecule is CCOC(=O)C1=C(CN2CCN(S(=O)(=O)c3ccccc3)[C@H](C)C2)N(C)C(=O)N[C@H]1c1cccc(F)c1. The molecule has 2 aromatic rings. The van der Waals surface area contributed by atoms with Crippen LogP contribution in [-0.4, -0.2) is 80.4 Å². The van der Waals surface area contributed by atoms with Crippen molar-refractivity contribution < 1.29 is 27.1 Å². The van der Waals surface area contributed by atoms with E-state index in [1.165, 1.54) is 27.4 Å². The minimum atomic E-state index is -3.66. The van der Waals surface area contributed by atoms with E-state index in [0.717, 1.165) is 0 Å². The molecular weight excluding hydrogens is 499 g/mol. The maximum atomic E-state index is 14.0. The molecule has 0 bridgehead atoms. The average Bonchev–Trinajstić information content (AvgIpc) is 2.87. The Morgan fingerprint density at radius 3 is 2.51 bits per heavy atom. The highest BCUT2D eigenvalue weighted by atomic mass is 32.2. The van der Waals surface area contributed by atoms with Gasteiger partial charge in [-0.2, -0.15) is 4.31 Å². The molecule has 2 atom stereocenters. The number of likely N-dealkylation sites (N-methyl/N-ethyl adjacent to an activating group) is 1. The fourth-order valence-electron chi connectivity index (χ4n) is 4.79. The van der Waals surface area contributed by atoms with Crippen molar-refractivity contribution in [3.63, 3.8) is 0 Å². The second-order valence-electron chi connectivity index (χ2n) is 9.09. The van der Waals surface area contributed by atoms with Crippen molar-refractivity contribution in [1.82, 2.24) is 19.4 Å². The van der Waals surface area contributed by atoms with Crippen molar-refractivity contribution in [2.75, 3.05) is 39.8 Å². The van der Waals surface area contributed by atoms with Crippen LogP contribution in [0.1, 0.15) is 25.5 Å². The van der Waals surface area contributed by atoms with Crippen molar-refractivity contribution in [2.45, 2.75) is 30.8 Å². The predicted octanol–water partition coefficient (Wildman–Crippen LogP) is 2.73. The van der Waals surface area contributed by atoms with Gasteiger partial charge in [-0.1, -0.05) is 30.3 Å². The summed E-state index contributed by atoms with van der Waals surface area (Å²) in [6.45, 7) is 4.92. The van der Waals surface area contributed by atoms with Crippen molar-refractivity contribution in [3.8, 4) is 0 Å². The van der Waals surface area contributed by atoms with Gasteiger partial charge in [-0.05, 0) is 43.7 Å². The summed E-state index contributed by atoms with van der Waals surface area (Å²) < 4.78 is 47.2. The fourth-order valence-corrected chi connectivity index (χ4v) is 6.43. The van der Waals surface area contributed by atoms with Gasteiger partial charge in [-0.15, -0.1) is 0 Å². The number of esters is 1. The van der Waals surface area contributed by atoms with Crippen molar-refractivity contribution in [1.29, 1.82) is 0 Å². The first-order valence-electron chi connectivity index (χ1n) is 12.1. The molecule has 2 heterocycles. The van der Waals surface area contributed by atoms with Crippen LogP contribution < -0.4 is 5.32 Å². The van der Waals surface area contributed by atoms with Crippen molar-refractivity contribution in [3.05, 3.63) is 77.2 Å². The lowest BCUT2D eigenvalue weighted by molar-refractivity contribution is -0.139. The number of carbonyl (C=O) groups excluding carboxylic acids is 2. The van der Waals surface area contributed by atoms with Crippen LogP contribution in [0, 0.1) is 5.82 Å². The Morgan fingerprint density at radius 1 is 1.14 bits per heavy atom. The van der Waals surface area contributed by atoms with Crippen LogP contribution in [0.25, 0.3) is 0 Å². The van der Waals surface area contributed by atoms with Gasteiger partial charge in [0.15, 0.2) is 0 Å². The van der Waals surface area contributed by atoms with Crippen LogP contribution in [0.5, 0.6) is 0 Å². The average molecular weight is 531 g/mol. The molecule has 0 aliphatic carbocycles. The summed E-state index contributed by atoms with van der Waals surface area (Å²) in [6.07, 6.45) is 0. The lowest BCUT2D eigenvalue weighted by Gasteiger charge is -2.41. The third-order valence-electron chi connectivity index (χ3n) is 6.63. The third-order valence-corrected chi connectivity index (χ3v) is 8.66. The standard InChI is InChI=1S/C26H31FN4O5S/c1-4-36-25(32)23-22(29(3)26(33)28-24(23)19-9-8-10-20(27)15-19)17-30-13-14-31(18(2)16-30)37(34,35)21-11-6-5-7-12-21/h5-12,15,18,24H,4,13-14,16-17H2,1-3H3,(H,28,33)/t18-,24+/m1/s1. The highest BCUT2D eigenvalue weighted by Gasteiger charge is 2.39. The molecule has 37 heavy (non-hydrogen) atoms. The van der Waals surface area contributed by atoms with E-state index in [-0.39, 0.29) is 36.2 Å². The van der Waals surface area contributed by atoms with Gasteiger partial charge in [-0.3, -0.25) is 9.80 Å². The molecule has 2 aliphatic heterocycles. The molecule has 1 saturated heterocycles. The maximum absolute atomic E-state index is 14.0. The van der Waals surface area contributed by atoms with Gasteiger partial charge in [-0.25, -0.2) is 22.4 Å². The minimum Gasteiger partial charge on any atom is -0.463 e. The monoisotopic (exact) mass is 530 g/mol. The summed E-state index contributed by atoms with van der Waals surface area (Å²) in [5.74, 6) is -1.09. The molecule has 1 N–H and O–H groups in total. The van der Waals surface area contributed by atoms with Gasteiger partial charge in [0.05, 0.1) is 23.1 Å². The lowest BCUT2D eigenvalue weighted by Crippen LogP contribution is -2.56. The minimum absolute atomic E-state index is 0.135. The third kappa shape index (κ3) is 5.53.